The molecule has 5 heteroatoms. The molecule has 0 aliphatic carbocycles. The second-order valence-corrected chi connectivity index (χ2v) is 3.51. The number of halogens is 3. The topological polar surface area (TPSA) is 35.2 Å². The number of ether oxygens (including phenoxy) is 1. The first-order valence-corrected chi connectivity index (χ1v) is 5.03. The van der Waals surface area contributed by atoms with Gasteiger partial charge in [-0.2, -0.15) is 0 Å². The lowest BCUT2D eigenvalue weighted by atomic mass is 10.0. The van der Waals surface area contributed by atoms with Crippen LogP contribution in [-0.2, 0) is 0 Å². The van der Waals surface area contributed by atoms with Crippen molar-refractivity contribution in [2.75, 3.05) is 0 Å². The maximum absolute atomic E-state index is 11.9. The van der Waals surface area contributed by atoms with Gasteiger partial charge in [0.25, 0.3) is 0 Å². The molecule has 2 nitrogen and oxygen atoms in total. The molecule has 0 spiro atoms. The van der Waals surface area contributed by atoms with E-state index in [2.05, 4.69) is 4.74 Å². The van der Waals surface area contributed by atoms with Gasteiger partial charge < -0.3 is 10.5 Å². The van der Waals surface area contributed by atoms with E-state index in [1.54, 1.807) is 12.1 Å². The van der Waals surface area contributed by atoms with Crippen molar-refractivity contribution in [2.24, 2.45) is 5.73 Å². The molecule has 0 saturated heterocycles. The molecule has 1 rings (SSSR count). The molecule has 0 heterocycles. The van der Waals surface area contributed by atoms with E-state index in [1.807, 2.05) is 6.92 Å². The highest BCUT2D eigenvalue weighted by atomic mass is 19.4. The Balaban J connectivity index is 2.68. The number of nitrogens with two attached hydrogens (primary N) is 1. The van der Waals surface area contributed by atoms with Crippen LogP contribution in [0.5, 0.6) is 5.75 Å². The van der Waals surface area contributed by atoms with Crippen molar-refractivity contribution in [3.63, 3.8) is 0 Å². The molecule has 0 radical (unpaired) electrons. The molecule has 0 fully saturated rings. The van der Waals surface area contributed by atoms with E-state index in [4.69, 9.17) is 5.73 Å². The van der Waals surface area contributed by atoms with E-state index in [0.717, 1.165) is 18.4 Å². The fraction of sp³-hybridized carbons (Fsp3) is 0.455. The van der Waals surface area contributed by atoms with Gasteiger partial charge in [-0.25, -0.2) is 0 Å². The summed E-state index contributed by atoms with van der Waals surface area (Å²) < 4.78 is 39.4. The van der Waals surface area contributed by atoms with Crippen LogP contribution in [0.15, 0.2) is 24.3 Å². The SMILES string of the molecule is CCC[C@@H](N)c1ccc(OC(F)(F)F)cc1. The van der Waals surface area contributed by atoms with Crippen molar-refractivity contribution in [1.82, 2.24) is 0 Å². The van der Waals surface area contributed by atoms with Crippen LogP contribution in [0.1, 0.15) is 31.4 Å². The summed E-state index contributed by atoms with van der Waals surface area (Å²) in [6.45, 7) is 2.00. The predicted octanol–water partition coefficient (Wildman–Crippen LogP) is 3.39. The second-order valence-electron chi connectivity index (χ2n) is 3.51. The minimum Gasteiger partial charge on any atom is -0.406 e. The van der Waals surface area contributed by atoms with Crippen LogP contribution in [0.4, 0.5) is 13.2 Å². The summed E-state index contributed by atoms with van der Waals surface area (Å²) in [6, 6.07) is 5.53. The molecule has 1 aromatic carbocycles. The highest BCUT2D eigenvalue weighted by Gasteiger charge is 2.30. The third kappa shape index (κ3) is 4.10. The van der Waals surface area contributed by atoms with Crippen molar-refractivity contribution in [1.29, 1.82) is 0 Å². The Kier molecular flexibility index (Phi) is 4.18. The van der Waals surface area contributed by atoms with E-state index < -0.39 is 6.36 Å². The van der Waals surface area contributed by atoms with Crippen LogP contribution >= 0.6 is 0 Å². The lowest BCUT2D eigenvalue weighted by Gasteiger charge is -2.12. The third-order valence-electron chi connectivity index (χ3n) is 2.14. The molecular weight excluding hydrogens is 219 g/mol. The average Bonchev–Trinajstić information content (AvgIpc) is 2.16. The molecule has 0 saturated carbocycles. The average molecular weight is 233 g/mol. The zero-order chi connectivity index (χ0) is 12.2. The zero-order valence-corrected chi connectivity index (χ0v) is 8.92. The number of hydrogen-bond donors (Lipinski definition) is 1. The fourth-order valence-corrected chi connectivity index (χ4v) is 1.39. The van der Waals surface area contributed by atoms with Crippen LogP contribution in [0.25, 0.3) is 0 Å². The summed E-state index contributed by atoms with van der Waals surface area (Å²) in [5.74, 6) is -0.222. The summed E-state index contributed by atoms with van der Waals surface area (Å²) in [7, 11) is 0. The van der Waals surface area contributed by atoms with Gasteiger partial charge in [0.2, 0.25) is 0 Å². The molecule has 0 aromatic heterocycles. The molecule has 1 atom stereocenters. The van der Waals surface area contributed by atoms with Crippen LogP contribution in [-0.4, -0.2) is 6.36 Å². The van der Waals surface area contributed by atoms with Crippen LogP contribution in [0.3, 0.4) is 0 Å². The van der Waals surface area contributed by atoms with Gasteiger partial charge in [0.05, 0.1) is 0 Å². The van der Waals surface area contributed by atoms with E-state index in [9.17, 15) is 13.2 Å². The predicted molar refractivity (Wildman–Crippen MR) is 55.0 cm³/mol. The standard InChI is InChI=1S/C11H14F3NO/c1-2-3-10(15)8-4-6-9(7-5-8)16-11(12,13)14/h4-7,10H,2-3,15H2,1H3/t10-/m1/s1. The van der Waals surface area contributed by atoms with Crippen LogP contribution < -0.4 is 10.5 Å². The quantitative estimate of drug-likeness (QED) is 0.865. The summed E-state index contributed by atoms with van der Waals surface area (Å²) >= 11 is 0. The van der Waals surface area contributed by atoms with Gasteiger partial charge in [-0.3, -0.25) is 0 Å². The monoisotopic (exact) mass is 233 g/mol. The highest BCUT2D eigenvalue weighted by Crippen LogP contribution is 2.24. The number of alkyl halides is 3. The molecule has 0 aliphatic heterocycles. The third-order valence-corrected chi connectivity index (χ3v) is 2.14. The molecule has 2 N–H and O–H groups in total. The molecular formula is C11H14F3NO. The largest absolute Gasteiger partial charge is 0.573 e. The van der Waals surface area contributed by atoms with Crippen molar-refractivity contribution >= 4 is 0 Å². The van der Waals surface area contributed by atoms with Crippen molar-refractivity contribution in [3.8, 4) is 5.75 Å². The van der Waals surface area contributed by atoms with Crippen molar-refractivity contribution < 1.29 is 17.9 Å². The number of hydrogen-bond acceptors (Lipinski definition) is 2. The Labute approximate surface area is 92.2 Å². The van der Waals surface area contributed by atoms with Gasteiger partial charge in [0.1, 0.15) is 5.75 Å². The molecule has 16 heavy (non-hydrogen) atoms. The maximum Gasteiger partial charge on any atom is 0.573 e. The van der Waals surface area contributed by atoms with E-state index in [-0.39, 0.29) is 11.8 Å². The van der Waals surface area contributed by atoms with Crippen molar-refractivity contribution in [3.05, 3.63) is 29.8 Å². The van der Waals surface area contributed by atoms with Crippen LogP contribution in [0, 0.1) is 0 Å². The molecule has 0 unspecified atom stereocenters. The Morgan fingerprint density at radius 2 is 1.81 bits per heavy atom. The summed E-state index contributed by atoms with van der Waals surface area (Å²) in [6.07, 6.45) is -2.91. The van der Waals surface area contributed by atoms with Crippen molar-refractivity contribution in [2.45, 2.75) is 32.2 Å². The first-order valence-electron chi connectivity index (χ1n) is 5.03. The van der Waals surface area contributed by atoms with Gasteiger partial charge >= 0.3 is 6.36 Å². The minimum atomic E-state index is -4.65. The fourth-order valence-electron chi connectivity index (χ4n) is 1.39. The normalized spacial score (nSPS) is 13.6. The van der Waals surface area contributed by atoms with Gasteiger partial charge in [-0.15, -0.1) is 13.2 Å². The lowest BCUT2D eigenvalue weighted by molar-refractivity contribution is -0.274. The molecule has 0 aliphatic rings. The Hall–Kier alpha value is -1.23. The maximum atomic E-state index is 11.9. The summed E-state index contributed by atoms with van der Waals surface area (Å²) in [4.78, 5) is 0. The molecule has 0 amide bonds. The minimum absolute atomic E-state index is 0.134. The Morgan fingerprint density at radius 3 is 2.25 bits per heavy atom. The van der Waals surface area contributed by atoms with Gasteiger partial charge in [-0.1, -0.05) is 25.5 Å². The van der Waals surface area contributed by atoms with Crippen LogP contribution in [0.2, 0.25) is 0 Å². The van der Waals surface area contributed by atoms with Gasteiger partial charge in [0, 0.05) is 6.04 Å². The van der Waals surface area contributed by atoms with E-state index in [0.29, 0.717) is 0 Å². The molecule has 0 bridgehead atoms. The van der Waals surface area contributed by atoms with E-state index >= 15 is 0 Å². The Bertz CT molecular complexity index is 321. The molecule has 90 valence electrons. The Morgan fingerprint density at radius 1 is 1.25 bits per heavy atom. The summed E-state index contributed by atoms with van der Waals surface area (Å²) in [5.41, 5.74) is 6.64. The highest BCUT2D eigenvalue weighted by molar-refractivity contribution is 5.29. The first kappa shape index (κ1) is 12.8. The molecule has 1 aromatic rings. The number of rotatable bonds is 4. The second kappa shape index (κ2) is 5.21. The number of benzene rings is 1. The first-order chi connectivity index (χ1) is 7.42. The van der Waals surface area contributed by atoms with Gasteiger partial charge in [0.15, 0.2) is 0 Å². The van der Waals surface area contributed by atoms with Gasteiger partial charge in [-0.05, 0) is 24.1 Å². The smallest absolute Gasteiger partial charge is 0.406 e. The summed E-state index contributed by atoms with van der Waals surface area (Å²) in [5, 5.41) is 0. The van der Waals surface area contributed by atoms with E-state index in [1.165, 1.54) is 12.1 Å². The zero-order valence-electron chi connectivity index (χ0n) is 8.92. The lowest BCUT2D eigenvalue weighted by Crippen LogP contribution is -2.17.